The molecule has 1 aromatic carbocycles. The average Bonchev–Trinajstić information content (AvgIpc) is 3.26. The average molecular weight is 476 g/mol. The highest BCUT2D eigenvalue weighted by molar-refractivity contribution is 6.42. The van der Waals surface area contributed by atoms with Gasteiger partial charge >= 0.3 is 0 Å². The number of piperidine rings is 1. The zero-order chi connectivity index (χ0) is 22.8. The van der Waals surface area contributed by atoms with Crippen molar-refractivity contribution in [1.82, 2.24) is 19.6 Å². The molecule has 1 fully saturated rings. The Morgan fingerprint density at radius 1 is 1.19 bits per heavy atom. The molecule has 1 aromatic heterocycles. The number of nitrogens with zero attached hydrogens (tertiary/aromatic N) is 4. The van der Waals surface area contributed by atoms with Crippen molar-refractivity contribution in [1.29, 1.82) is 0 Å². The van der Waals surface area contributed by atoms with Gasteiger partial charge in [-0.25, -0.2) is 4.68 Å². The number of hydrogen-bond acceptors (Lipinski definition) is 4. The molecule has 2 aliphatic rings. The fraction of sp³-hybridized carbons (Fsp3) is 0.500. The minimum atomic E-state index is -0.362. The van der Waals surface area contributed by atoms with E-state index >= 15 is 0 Å². The van der Waals surface area contributed by atoms with Crippen LogP contribution in [0.15, 0.2) is 41.7 Å². The van der Waals surface area contributed by atoms with Crippen LogP contribution in [0.4, 0.5) is 5.82 Å². The summed E-state index contributed by atoms with van der Waals surface area (Å²) in [5, 5.41) is 8.88. The highest BCUT2D eigenvalue weighted by atomic mass is 35.5. The van der Waals surface area contributed by atoms with Crippen molar-refractivity contribution in [2.75, 3.05) is 31.5 Å². The number of carbonyl (C=O) groups excluding carboxylic acids is 1. The molecule has 8 heteroatoms. The van der Waals surface area contributed by atoms with Gasteiger partial charge in [0.2, 0.25) is 0 Å². The fourth-order valence-electron chi connectivity index (χ4n) is 4.87. The first-order chi connectivity index (χ1) is 15.4. The molecule has 1 amide bonds. The molecule has 2 aromatic rings. The standard InChI is InChI=1S/C24H31Cl2N5O/c1-4-29(5-2)15-18-8-6-7-13-30(18)24(32)22-16(3)28-21-11-12-27-31(21)23(22)17-9-10-19(25)20(26)14-17/h9-12,14,18,23,28H,4-8,13,15H2,1-3H3. The Morgan fingerprint density at radius 3 is 2.69 bits per heavy atom. The number of likely N-dealkylation sites (N-methyl/N-ethyl adjacent to an activating group) is 1. The van der Waals surface area contributed by atoms with E-state index in [-0.39, 0.29) is 18.0 Å². The molecule has 2 aliphatic heterocycles. The van der Waals surface area contributed by atoms with E-state index in [0.29, 0.717) is 15.6 Å². The number of aromatic nitrogens is 2. The number of fused-ring (bicyclic) bond motifs is 1. The van der Waals surface area contributed by atoms with Crippen LogP contribution in [0.2, 0.25) is 10.0 Å². The molecule has 1 N–H and O–H groups in total. The van der Waals surface area contributed by atoms with Gasteiger partial charge in [-0.3, -0.25) is 4.79 Å². The Hall–Kier alpha value is -2.02. The third kappa shape index (κ3) is 4.41. The highest BCUT2D eigenvalue weighted by Crippen LogP contribution is 2.39. The summed E-state index contributed by atoms with van der Waals surface area (Å²) in [4.78, 5) is 18.6. The third-order valence-corrected chi connectivity index (χ3v) is 7.39. The minimum absolute atomic E-state index is 0.0732. The van der Waals surface area contributed by atoms with Crippen LogP contribution < -0.4 is 5.32 Å². The molecule has 0 bridgehead atoms. The third-order valence-electron chi connectivity index (χ3n) is 6.65. The number of rotatable bonds is 6. The Balaban J connectivity index is 1.73. The number of likely N-dealkylation sites (tertiary alicyclic amines) is 1. The van der Waals surface area contributed by atoms with Gasteiger partial charge in [0.15, 0.2) is 0 Å². The molecule has 3 heterocycles. The van der Waals surface area contributed by atoms with Crippen molar-refractivity contribution < 1.29 is 4.79 Å². The molecule has 172 valence electrons. The van der Waals surface area contributed by atoms with Crippen molar-refractivity contribution in [3.63, 3.8) is 0 Å². The van der Waals surface area contributed by atoms with Crippen LogP contribution in [0.1, 0.15) is 51.6 Å². The number of halogens is 2. The lowest BCUT2D eigenvalue weighted by molar-refractivity contribution is -0.131. The predicted molar refractivity (Wildman–Crippen MR) is 130 cm³/mol. The lowest BCUT2D eigenvalue weighted by Gasteiger charge is -2.41. The van der Waals surface area contributed by atoms with Gasteiger partial charge in [-0.05, 0) is 57.0 Å². The summed E-state index contributed by atoms with van der Waals surface area (Å²) in [5.74, 6) is 0.928. The van der Waals surface area contributed by atoms with E-state index < -0.39 is 0 Å². The van der Waals surface area contributed by atoms with Gasteiger partial charge in [0.25, 0.3) is 5.91 Å². The fourth-order valence-corrected chi connectivity index (χ4v) is 5.17. The molecule has 0 radical (unpaired) electrons. The second kappa shape index (κ2) is 9.86. The zero-order valence-corrected chi connectivity index (χ0v) is 20.5. The quantitative estimate of drug-likeness (QED) is 0.623. The van der Waals surface area contributed by atoms with Gasteiger partial charge in [0.1, 0.15) is 11.9 Å². The van der Waals surface area contributed by atoms with E-state index in [0.717, 1.165) is 62.5 Å². The van der Waals surface area contributed by atoms with Crippen LogP contribution in [0.3, 0.4) is 0 Å². The molecular weight excluding hydrogens is 445 g/mol. The monoisotopic (exact) mass is 475 g/mol. The lowest BCUT2D eigenvalue weighted by Crippen LogP contribution is -2.51. The molecule has 2 unspecified atom stereocenters. The van der Waals surface area contributed by atoms with E-state index in [4.69, 9.17) is 23.2 Å². The Bertz CT molecular complexity index is 1010. The van der Waals surface area contributed by atoms with E-state index in [9.17, 15) is 4.79 Å². The predicted octanol–water partition coefficient (Wildman–Crippen LogP) is 5.20. The van der Waals surface area contributed by atoms with E-state index in [1.807, 2.05) is 29.8 Å². The van der Waals surface area contributed by atoms with Crippen LogP contribution in [-0.2, 0) is 4.79 Å². The molecular formula is C24H31Cl2N5O. The van der Waals surface area contributed by atoms with E-state index in [2.05, 4.69) is 34.1 Å². The SMILES string of the molecule is CCN(CC)CC1CCCCN1C(=O)C1=C(C)Nc2ccnn2C1c1ccc(Cl)c(Cl)c1. The first kappa shape index (κ1) is 23.1. The normalized spacial score (nSPS) is 21.0. The summed E-state index contributed by atoms with van der Waals surface area (Å²) < 4.78 is 1.86. The maximum Gasteiger partial charge on any atom is 0.254 e. The van der Waals surface area contributed by atoms with Crippen molar-refractivity contribution in [2.45, 2.75) is 52.1 Å². The number of benzene rings is 1. The van der Waals surface area contributed by atoms with Crippen molar-refractivity contribution in [3.8, 4) is 0 Å². The first-order valence-electron chi connectivity index (χ1n) is 11.4. The molecule has 2 atom stereocenters. The summed E-state index contributed by atoms with van der Waals surface area (Å²) in [6.45, 7) is 9.98. The maximum atomic E-state index is 14.1. The van der Waals surface area contributed by atoms with Crippen LogP contribution in [0, 0.1) is 0 Å². The summed E-state index contributed by atoms with van der Waals surface area (Å²) >= 11 is 12.5. The molecule has 1 saturated heterocycles. The van der Waals surface area contributed by atoms with Gasteiger partial charge < -0.3 is 15.1 Å². The van der Waals surface area contributed by atoms with Gasteiger partial charge in [-0.15, -0.1) is 0 Å². The highest BCUT2D eigenvalue weighted by Gasteiger charge is 2.38. The molecule has 0 aliphatic carbocycles. The van der Waals surface area contributed by atoms with Crippen LogP contribution in [-0.4, -0.2) is 57.7 Å². The number of hydrogen-bond donors (Lipinski definition) is 1. The van der Waals surface area contributed by atoms with Crippen LogP contribution in [0.25, 0.3) is 0 Å². The van der Waals surface area contributed by atoms with Gasteiger partial charge in [0, 0.05) is 30.9 Å². The molecule has 4 rings (SSSR count). The largest absolute Gasteiger partial charge is 0.344 e. The van der Waals surface area contributed by atoms with Gasteiger partial charge in [-0.1, -0.05) is 43.1 Å². The topological polar surface area (TPSA) is 53.4 Å². The smallest absolute Gasteiger partial charge is 0.254 e. The van der Waals surface area contributed by atoms with Crippen molar-refractivity contribution in [2.24, 2.45) is 0 Å². The molecule has 32 heavy (non-hydrogen) atoms. The number of allylic oxidation sites excluding steroid dienone is 1. The summed E-state index contributed by atoms with van der Waals surface area (Å²) in [5.41, 5.74) is 2.46. The lowest BCUT2D eigenvalue weighted by atomic mass is 9.92. The Kier molecular flexibility index (Phi) is 7.13. The minimum Gasteiger partial charge on any atom is -0.344 e. The van der Waals surface area contributed by atoms with Gasteiger partial charge in [-0.2, -0.15) is 5.10 Å². The Morgan fingerprint density at radius 2 is 1.97 bits per heavy atom. The Labute approximate surface area is 200 Å². The van der Waals surface area contributed by atoms with Crippen molar-refractivity contribution >= 4 is 34.9 Å². The summed E-state index contributed by atoms with van der Waals surface area (Å²) in [6, 6.07) is 7.32. The number of nitrogens with one attached hydrogen (secondary N) is 1. The van der Waals surface area contributed by atoms with Gasteiger partial charge in [0.05, 0.1) is 21.8 Å². The number of carbonyl (C=O) groups is 1. The number of amides is 1. The summed E-state index contributed by atoms with van der Waals surface area (Å²) in [6.07, 6.45) is 4.97. The molecule has 0 spiro atoms. The summed E-state index contributed by atoms with van der Waals surface area (Å²) in [7, 11) is 0. The van der Waals surface area contributed by atoms with Crippen LogP contribution >= 0.6 is 23.2 Å². The number of anilines is 1. The second-order valence-corrected chi connectivity index (χ2v) is 9.35. The maximum absolute atomic E-state index is 14.1. The molecule has 6 nitrogen and oxygen atoms in total. The molecule has 0 saturated carbocycles. The zero-order valence-electron chi connectivity index (χ0n) is 18.9. The first-order valence-corrected chi connectivity index (χ1v) is 12.2. The van der Waals surface area contributed by atoms with Crippen molar-refractivity contribution in [3.05, 3.63) is 57.3 Å². The van der Waals surface area contributed by atoms with E-state index in [1.165, 1.54) is 0 Å². The second-order valence-electron chi connectivity index (χ2n) is 8.53. The van der Waals surface area contributed by atoms with Crippen LogP contribution in [0.5, 0.6) is 0 Å². The van der Waals surface area contributed by atoms with E-state index in [1.54, 1.807) is 12.3 Å².